The smallest absolute Gasteiger partial charge is 0.168 e. The van der Waals surface area contributed by atoms with Crippen molar-refractivity contribution in [1.29, 1.82) is 0 Å². The van der Waals surface area contributed by atoms with Crippen LogP contribution in [0.1, 0.15) is 0 Å². The summed E-state index contributed by atoms with van der Waals surface area (Å²) in [4.78, 5) is 8.19. The van der Waals surface area contributed by atoms with Crippen molar-refractivity contribution in [2.75, 3.05) is 5.73 Å². The predicted molar refractivity (Wildman–Crippen MR) is 92.6 cm³/mol. The van der Waals surface area contributed by atoms with Crippen LogP contribution in [0.5, 0.6) is 11.5 Å². The molecule has 118 valence electrons. The number of ether oxygens (including phenoxy) is 1. The van der Waals surface area contributed by atoms with E-state index in [1.54, 1.807) is 23.0 Å². The van der Waals surface area contributed by atoms with Gasteiger partial charge < -0.3 is 10.5 Å². The lowest BCUT2D eigenvalue weighted by molar-refractivity contribution is 0.483. The molecule has 2 heterocycles. The number of nitrogen functional groups attached to an aromatic ring is 1. The summed E-state index contributed by atoms with van der Waals surface area (Å²) in [7, 11) is 0. The van der Waals surface area contributed by atoms with Gasteiger partial charge in [-0.25, -0.2) is 14.6 Å². The number of benzene rings is 2. The van der Waals surface area contributed by atoms with E-state index >= 15 is 0 Å². The first-order valence-corrected chi connectivity index (χ1v) is 7.57. The molecule has 4 rings (SSSR count). The largest absolute Gasteiger partial charge is 0.456 e. The maximum atomic E-state index is 6.36. The zero-order valence-corrected chi connectivity index (χ0v) is 13.2. The van der Waals surface area contributed by atoms with Gasteiger partial charge in [0, 0.05) is 0 Å². The molecule has 2 aromatic heterocycles. The van der Waals surface area contributed by atoms with Crippen molar-refractivity contribution in [3.8, 4) is 17.2 Å². The maximum Gasteiger partial charge on any atom is 0.168 e. The Bertz CT molecular complexity index is 1020. The van der Waals surface area contributed by atoms with Gasteiger partial charge in [-0.1, -0.05) is 29.8 Å². The normalized spacial score (nSPS) is 10.9. The van der Waals surface area contributed by atoms with E-state index in [-0.39, 0.29) is 0 Å². The molecule has 2 aromatic carbocycles. The molecule has 0 unspecified atom stereocenters. The van der Waals surface area contributed by atoms with Crippen molar-refractivity contribution >= 4 is 28.5 Å². The minimum Gasteiger partial charge on any atom is -0.456 e. The van der Waals surface area contributed by atoms with Crippen LogP contribution in [0.25, 0.3) is 16.7 Å². The first-order chi connectivity index (χ1) is 11.7. The Morgan fingerprint density at radius 1 is 1.04 bits per heavy atom. The second-order valence-corrected chi connectivity index (χ2v) is 5.49. The summed E-state index contributed by atoms with van der Waals surface area (Å²) in [6.45, 7) is 0. The van der Waals surface area contributed by atoms with Crippen LogP contribution in [0.2, 0.25) is 5.02 Å². The van der Waals surface area contributed by atoms with Crippen molar-refractivity contribution in [3.63, 3.8) is 0 Å². The molecule has 4 aromatic rings. The molecule has 0 amide bonds. The number of nitrogens with zero attached hydrogens (tertiary/aromatic N) is 4. The number of hydrogen-bond acceptors (Lipinski definition) is 5. The third-order valence-corrected chi connectivity index (χ3v) is 3.82. The van der Waals surface area contributed by atoms with Gasteiger partial charge in [0.25, 0.3) is 0 Å². The van der Waals surface area contributed by atoms with Crippen LogP contribution in [0, 0.1) is 0 Å². The van der Waals surface area contributed by atoms with Gasteiger partial charge in [-0.15, -0.1) is 0 Å². The number of halogens is 1. The van der Waals surface area contributed by atoms with E-state index in [2.05, 4.69) is 15.1 Å². The summed E-state index contributed by atoms with van der Waals surface area (Å²) in [6.07, 6.45) is 3.04. The zero-order chi connectivity index (χ0) is 16.5. The fraction of sp³-hybridized carbons (Fsp3) is 0. The molecule has 6 nitrogen and oxygen atoms in total. The van der Waals surface area contributed by atoms with E-state index in [0.29, 0.717) is 27.6 Å². The average molecular weight is 338 g/mol. The highest BCUT2D eigenvalue weighted by molar-refractivity contribution is 6.32. The Hall–Kier alpha value is -3.12. The molecule has 0 saturated carbocycles. The predicted octanol–water partition coefficient (Wildman–Crippen LogP) is 3.84. The monoisotopic (exact) mass is 337 g/mol. The van der Waals surface area contributed by atoms with E-state index in [1.165, 1.54) is 6.33 Å². The molecule has 0 radical (unpaired) electrons. The van der Waals surface area contributed by atoms with Crippen molar-refractivity contribution in [2.24, 2.45) is 0 Å². The minimum atomic E-state index is 0.390. The fourth-order valence-electron chi connectivity index (χ4n) is 2.37. The van der Waals surface area contributed by atoms with Gasteiger partial charge in [-0.3, -0.25) is 0 Å². The summed E-state index contributed by atoms with van der Waals surface area (Å²) in [5.74, 6) is 1.68. The van der Waals surface area contributed by atoms with Crippen LogP contribution >= 0.6 is 11.6 Å². The fourth-order valence-corrected chi connectivity index (χ4v) is 2.58. The average Bonchev–Trinajstić information content (AvgIpc) is 3.03. The molecule has 0 aliphatic rings. The molecule has 0 aliphatic carbocycles. The van der Waals surface area contributed by atoms with E-state index in [4.69, 9.17) is 22.1 Å². The first kappa shape index (κ1) is 14.5. The zero-order valence-electron chi connectivity index (χ0n) is 12.4. The summed E-state index contributed by atoms with van der Waals surface area (Å²) in [5.41, 5.74) is 7.22. The molecule has 24 heavy (non-hydrogen) atoms. The second-order valence-electron chi connectivity index (χ2n) is 5.08. The molecule has 0 fully saturated rings. The van der Waals surface area contributed by atoms with Gasteiger partial charge in [0.15, 0.2) is 5.65 Å². The summed E-state index contributed by atoms with van der Waals surface area (Å²) in [6, 6.07) is 14.9. The highest BCUT2D eigenvalue weighted by atomic mass is 35.5. The number of aromatic nitrogens is 4. The van der Waals surface area contributed by atoms with E-state index in [9.17, 15) is 0 Å². The topological polar surface area (TPSA) is 78.9 Å². The third-order valence-electron chi connectivity index (χ3n) is 3.53. The SMILES string of the molecule is Nc1ncnc2c1cnn2-c1ccc(Oc2ccccc2)c(Cl)c1. The summed E-state index contributed by atoms with van der Waals surface area (Å²) in [5, 5.41) is 5.48. The number of para-hydroxylation sites is 1. The standard InChI is InChI=1S/C17H12ClN5O/c18-14-8-11(6-7-15(14)24-12-4-2-1-3-5-12)23-17-13(9-22-23)16(19)20-10-21-17/h1-10H,(H2,19,20,21). The number of nitrogens with two attached hydrogens (primary N) is 1. The Kier molecular flexibility index (Phi) is 3.51. The molecule has 0 aliphatic heterocycles. The lowest BCUT2D eigenvalue weighted by atomic mass is 10.3. The van der Waals surface area contributed by atoms with E-state index in [0.717, 1.165) is 11.4 Å². The molecular formula is C17H12ClN5O. The van der Waals surface area contributed by atoms with Crippen LogP contribution in [-0.4, -0.2) is 19.7 Å². The van der Waals surface area contributed by atoms with Gasteiger partial charge in [-0.2, -0.15) is 5.10 Å². The van der Waals surface area contributed by atoms with Gasteiger partial charge in [0.1, 0.15) is 23.6 Å². The quantitative estimate of drug-likeness (QED) is 0.614. The lowest BCUT2D eigenvalue weighted by Crippen LogP contribution is -1.99. The third kappa shape index (κ3) is 2.53. The highest BCUT2D eigenvalue weighted by Crippen LogP contribution is 2.31. The lowest BCUT2D eigenvalue weighted by Gasteiger charge is -2.09. The van der Waals surface area contributed by atoms with Gasteiger partial charge in [0.05, 0.1) is 22.3 Å². The molecule has 2 N–H and O–H groups in total. The Morgan fingerprint density at radius 2 is 1.88 bits per heavy atom. The number of fused-ring (bicyclic) bond motifs is 1. The first-order valence-electron chi connectivity index (χ1n) is 7.19. The van der Waals surface area contributed by atoms with Crippen LogP contribution in [0.15, 0.2) is 61.1 Å². The molecule has 0 bridgehead atoms. The van der Waals surface area contributed by atoms with E-state index < -0.39 is 0 Å². The molecule has 7 heteroatoms. The van der Waals surface area contributed by atoms with Gasteiger partial charge >= 0.3 is 0 Å². The van der Waals surface area contributed by atoms with Crippen LogP contribution in [0.3, 0.4) is 0 Å². The van der Waals surface area contributed by atoms with Crippen molar-refractivity contribution in [1.82, 2.24) is 19.7 Å². The molecule has 0 saturated heterocycles. The van der Waals surface area contributed by atoms with Crippen molar-refractivity contribution in [2.45, 2.75) is 0 Å². The Balaban J connectivity index is 1.72. The number of rotatable bonds is 3. The van der Waals surface area contributed by atoms with Crippen LogP contribution in [-0.2, 0) is 0 Å². The van der Waals surface area contributed by atoms with E-state index in [1.807, 2.05) is 36.4 Å². The molecular weight excluding hydrogens is 326 g/mol. The summed E-state index contributed by atoms with van der Waals surface area (Å²) >= 11 is 6.36. The van der Waals surface area contributed by atoms with Gasteiger partial charge in [0.2, 0.25) is 0 Å². The minimum absolute atomic E-state index is 0.390. The summed E-state index contributed by atoms with van der Waals surface area (Å²) < 4.78 is 7.44. The number of hydrogen-bond donors (Lipinski definition) is 1. The maximum absolute atomic E-state index is 6.36. The van der Waals surface area contributed by atoms with Crippen molar-refractivity contribution in [3.05, 3.63) is 66.1 Å². The van der Waals surface area contributed by atoms with Gasteiger partial charge in [-0.05, 0) is 30.3 Å². The molecule has 0 atom stereocenters. The highest BCUT2D eigenvalue weighted by Gasteiger charge is 2.11. The van der Waals surface area contributed by atoms with Crippen molar-refractivity contribution < 1.29 is 4.74 Å². The Labute approximate surface area is 142 Å². The number of anilines is 1. The molecule has 0 spiro atoms. The Morgan fingerprint density at radius 3 is 2.67 bits per heavy atom. The second kappa shape index (κ2) is 5.82. The van der Waals surface area contributed by atoms with Crippen LogP contribution < -0.4 is 10.5 Å². The van der Waals surface area contributed by atoms with Crippen LogP contribution in [0.4, 0.5) is 5.82 Å².